The summed E-state index contributed by atoms with van der Waals surface area (Å²) in [5, 5.41) is 23.2. The van der Waals surface area contributed by atoms with Gasteiger partial charge in [-0.2, -0.15) is 5.26 Å². The highest BCUT2D eigenvalue weighted by atomic mass is 16.6. The molecule has 0 spiro atoms. The summed E-state index contributed by atoms with van der Waals surface area (Å²) in [5.41, 5.74) is 0.874. The smallest absolute Gasteiger partial charge is 0.339 e. The summed E-state index contributed by atoms with van der Waals surface area (Å²) in [6, 6.07) is 12.6. The summed E-state index contributed by atoms with van der Waals surface area (Å²) in [4.78, 5) is 37.9. The maximum Gasteiger partial charge on any atom is 0.339 e. The number of rotatable bonds is 6. The number of ether oxygens (including phenoxy) is 1. The molecular formula is C22H22N4O5. The van der Waals surface area contributed by atoms with E-state index in [1.54, 1.807) is 30.3 Å². The van der Waals surface area contributed by atoms with Crippen LogP contribution in [0.4, 0.5) is 17.1 Å². The van der Waals surface area contributed by atoms with Crippen LogP contribution in [-0.4, -0.2) is 36.0 Å². The number of nitriles is 1. The Labute approximate surface area is 179 Å². The van der Waals surface area contributed by atoms with Gasteiger partial charge in [0.15, 0.2) is 6.10 Å². The summed E-state index contributed by atoms with van der Waals surface area (Å²) in [7, 11) is 0. The molecule has 160 valence electrons. The second-order valence-corrected chi connectivity index (χ2v) is 7.20. The number of nitro benzene ring substituents is 1. The monoisotopic (exact) mass is 422 g/mol. The summed E-state index contributed by atoms with van der Waals surface area (Å²) in [5.74, 6) is -1.46. The molecule has 1 N–H and O–H groups in total. The van der Waals surface area contributed by atoms with Gasteiger partial charge in [-0.3, -0.25) is 14.9 Å². The molecule has 1 atom stereocenters. The van der Waals surface area contributed by atoms with E-state index in [4.69, 9.17) is 10.00 Å². The number of hydrogen-bond donors (Lipinski definition) is 1. The van der Waals surface area contributed by atoms with E-state index in [2.05, 4.69) is 5.32 Å². The van der Waals surface area contributed by atoms with Gasteiger partial charge in [-0.1, -0.05) is 12.1 Å². The van der Waals surface area contributed by atoms with Crippen LogP contribution in [0.3, 0.4) is 0 Å². The Hall–Kier alpha value is -3.93. The highest BCUT2D eigenvalue weighted by Gasteiger charge is 2.25. The van der Waals surface area contributed by atoms with Crippen LogP contribution >= 0.6 is 0 Å². The molecule has 1 fully saturated rings. The fraction of sp³-hybridized carbons (Fsp3) is 0.318. The van der Waals surface area contributed by atoms with Gasteiger partial charge >= 0.3 is 5.97 Å². The van der Waals surface area contributed by atoms with Crippen molar-refractivity contribution in [2.45, 2.75) is 32.3 Å². The second-order valence-electron chi connectivity index (χ2n) is 7.20. The molecule has 31 heavy (non-hydrogen) atoms. The number of para-hydroxylation sites is 1. The minimum absolute atomic E-state index is 0.00969. The van der Waals surface area contributed by atoms with Gasteiger partial charge in [-0.05, 0) is 50.5 Å². The van der Waals surface area contributed by atoms with Crippen molar-refractivity contribution >= 4 is 28.9 Å². The predicted octanol–water partition coefficient (Wildman–Crippen LogP) is 3.64. The van der Waals surface area contributed by atoms with E-state index < -0.39 is 22.9 Å². The largest absolute Gasteiger partial charge is 0.449 e. The molecule has 0 saturated carbocycles. The zero-order valence-electron chi connectivity index (χ0n) is 17.0. The maximum atomic E-state index is 12.5. The molecule has 0 aliphatic carbocycles. The molecule has 1 saturated heterocycles. The first-order chi connectivity index (χ1) is 14.9. The third kappa shape index (κ3) is 5.17. The van der Waals surface area contributed by atoms with Gasteiger partial charge < -0.3 is 15.0 Å². The number of piperidine rings is 1. The minimum Gasteiger partial charge on any atom is -0.449 e. The van der Waals surface area contributed by atoms with Crippen molar-refractivity contribution in [3.05, 3.63) is 63.7 Å². The molecule has 3 rings (SSSR count). The average Bonchev–Trinajstić information content (AvgIpc) is 2.79. The van der Waals surface area contributed by atoms with Gasteiger partial charge in [0.2, 0.25) is 0 Å². The Kier molecular flexibility index (Phi) is 6.82. The maximum absolute atomic E-state index is 12.5. The van der Waals surface area contributed by atoms with Crippen LogP contribution in [0.15, 0.2) is 42.5 Å². The molecular weight excluding hydrogens is 400 g/mol. The number of hydrogen-bond acceptors (Lipinski definition) is 7. The molecule has 0 radical (unpaired) electrons. The molecule has 9 heteroatoms. The Morgan fingerprint density at radius 2 is 1.90 bits per heavy atom. The summed E-state index contributed by atoms with van der Waals surface area (Å²) < 4.78 is 5.19. The van der Waals surface area contributed by atoms with E-state index in [-0.39, 0.29) is 16.8 Å². The van der Waals surface area contributed by atoms with Crippen LogP contribution in [0.5, 0.6) is 0 Å². The van der Waals surface area contributed by atoms with Crippen molar-refractivity contribution < 1.29 is 19.2 Å². The van der Waals surface area contributed by atoms with E-state index in [0.29, 0.717) is 11.4 Å². The number of nitrogens with one attached hydrogen (secondary N) is 1. The fourth-order valence-corrected chi connectivity index (χ4v) is 3.40. The van der Waals surface area contributed by atoms with Gasteiger partial charge in [-0.15, -0.1) is 0 Å². The van der Waals surface area contributed by atoms with E-state index >= 15 is 0 Å². The number of amides is 1. The van der Waals surface area contributed by atoms with E-state index in [1.807, 2.05) is 11.0 Å². The quantitative estimate of drug-likeness (QED) is 0.428. The summed E-state index contributed by atoms with van der Waals surface area (Å²) in [6.45, 7) is 2.84. The molecule has 2 aromatic rings. The number of carbonyl (C=O) groups excluding carboxylic acids is 2. The molecule has 2 aromatic carbocycles. The van der Waals surface area contributed by atoms with Crippen molar-refractivity contribution in [3.8, 4) is 6.07 Å². The summed E-state index contributed by atoms with van der Waals surface area (Å²) >= 11 is 0. The van der Waals surface area contributed by atoms with Crippen molar-refractivity contribution in [2.24, 2.45) is 0 Å². The van der Waals surface area contributed by atoms with E-state index in [9.17, 15) is 19.7 Å². The van der Waals surface area contributed by atoms with Crippen LogP contribution in [0.25, 0.3) is 0 Å². The first-order valence-electron chi connectivity index (χ1n) is 9.95. The average molecular weight is 422 g/mol. The van der Waals surface area contributed by atoms with Gasteiger partial charge in [0.1, 0.15) is 11.8 Å². The van der Waals surface area contributed by atoms with Gasteiger partial charge in [-0.25, -0.2) is 4.79 Å². The normalized spacial score (nSPS) is 14.3. The Morgan fingerprint density at radius 1 is 1.19 bits per heavy atom. The lowest BCUT2D eigenvalue weighted by molar-refractivity contribution is -0.384. The van der Waals surface area contributed by atoms with Crippen LogP contribution in [-0.2, 0) is 9.53 Å². The Morgan fingerprint density at radius 3 is 2.58 bits per heavy atom. The van der Waals surface area contributed by atoms with Gasteiger partial charge in [0.25, 0.3) is 11.6 Å². The predicted molar refractivity (Wildman–Crippen MR) is 114 cm³/mol. The second kappa shape index (κ2) is 9.71. The first-order valence-corrected chi connectivity index (χ1v) is 9.95. The SMILES string of the molecule is CC(OC(=O)c1ccc(N2CCCCC2)c([N+](=O)[O-])c1)C(=O)Nc1ccccc1C#N. The highest BCUT2D eigenvalue weighted by molar-refractivity contribution is 5.98. The minimum atomic E-state index is -1.17. The zero-order chi connectivity index (χ0) is 22.4. The third-order valence-electron chi connectivity index (χ3n) is 5.06. The van der Waals surface area contributed by atoms with Gasteiger partial charge in [0.05, 0.1) is 21.7 Å². The van der Waals surface area contributed by atoms with Crippen LogP contribution in [0.2, 0.25) is 0 Å². The zero-order valence-corrected chi connectivity index (χ0v) is 17.0. The molecule has 9 nitrogen and oxygen atoms in total. The standard InChI is InChI=1S/C22H22N4O5/c1-15(21(27)24-18-8-4-3-7-17(18)14-23)31-22(28)16-9-10-19(20(13-16)26(29)30)25-11-5-2-6-12-25/h3-4,7-10,13,15H,2,5-6,11-12H2,1H3,(H,24,27). The molecule has 1 amide bonds. The van der Waals surface area contributed by atoms with Crippen molar-refractivity contribution in [1.82, 2.24) is 0 Å². The highest BCUT2D eigenvalue weighted by Crippen LogP contribution is 2.31. The number of nitro groups is 1. The molecule has 1 aliphatic heterocycles. The molecule has 0 bridgehead atoms. The van der Waals surface area contributed by atoms with Crippen molar-refractivity contribution in [1.29, 1.82) is 5.26 Å². The lowest BCUT2D eigenvalue weighted by Gasteiger charge is -2.28. The number of esters is 1. The van der Waals surface area contributed by atoms with Crippen molar-refractivity contribution in [2.75, 3.05) is 23.3 Å². The Balaban J connectivity index is 1.72. The van der Waals surface area contributed by atoms with Gasteiger partial charge in [0, 0.05) is 19.2 Å². The van der Waals surface area contributed by atoms with E-state index in [1.165, 1.54) is 19.1 Å². The van der Waals surface area contributed by atoms with Crippen LogP contribution in [0.1, 0.15) is 42.1 Å². The third-order valence-corrected chi connectivity index (χ3v) is 5.06. The van der Waals surface area contributed by atoms with E-state index in [0.717, 1.165) is 32.4 Å². The van der Waals surface area contributed by atoms with Crippen LogP contribution in [0, 0.1) is 21.4 Å². The number of anilines is 2. The fourth-order valence-electron chi connectivity index (χ4n) is 3.40. The lowest BCUT2D eigenvalue weighted by Crippen LogP contribution is -2.31. The van der Waals surface area contributed by atoms with Crippen molar-refractivity contribution in [3.63, 3.8) is 0 Å². The molecule has 1 unspecified atom stereocenters. The number of carbonyl (C=O) groups is 2. The summed E-state index contributed by atoms with van der Waals surface area (Å²) in [6.07, 6.45) is 1.85. The van der Waals surface area contributed by atoms with Crippen LogP contribution < -0.4 is 10.2 Å². The molecule has 1 heterocycles. The Bertz CT molecular complexity index is 1040. The number of benzene rings is 2. The lowest BCUT2D eigenvalue weighted by atomic mass is 10.1. The molecule has 1 aliphatic rings. The first kappa shape index (κ1) is 21.8. The topological polar surface area (TPSA) is 126 Å². The number of nitrogens with zero attached hydrogens (tertiary/aromatic N) is 3. The molecule has 0 aromatic heterocycles.